The molecule has 0 aliphatic heterocycles. The van der Waals surface area contributed by atoms with E-state index in [0.717, 1.165) is 37.4 Å². The molecule has 0 saturated carbocycles. The Morgan fingerprint density at radius 2 is 0.898 bits per heavy atom. The van der Waals surface area contributed by atoms with Crippen molar-refractivity contribution in [2.75, 3.05) is 26.3 Å². The molecule has 332 valence electrons. The number of hydrogen-bond donors (Lipinski definition) is 1. The Morgan fingerprint density at radius 1 is 0.525 bits per heavy atom. The molecule has 2 aromatic rings. The highest BCUT2D eigenvalue weighted by atomic mass is 16.5. The van der Waals surface area contributed by atoms with Crippen molar-refractivity contribution in [1.29, 1.82) is 0 Å². The van der Waals surface area contributed by atoms with Crippen LogP contribution in [0, 0.1) is 0 Å². The molecule has 0 aliphatic carbocycles. The van der Waals surface area contributed by atoms with Crippen LogP contribution in [-0.4, -0.2) is 38.3 Å². The SMILES string of the molecule is CCCCCCCCCCCCCCCCOc1ccc(C(=O)C=CNCCCN=CC=C([O-])c2ccc(OCCCCCCCCCCCCCCCC)cc2)cc1. The van der Waals surface area contributed by atoms with Crippen LogP contribution in [0.3, 0.4) is 0 Å². The maximum atomic E-state index is 12.6. The number of aliphatic imine (C=N–C) groups is 1. The minimum absolute atomic E-state index is 0.0493. The first-order chi connectivity index (χ1) is 29.1. The Kier molecular flexibility index (Phi) is 33.8. The van der Waals surface area contributed by atoms with Gasteiger partial charge in [0.1, 0.15) is 11.5 Å². The molecule has 0 heterocycles. The van der Waals surface area contributed by atoms with Crippen molar-refractivity contribution in [3.05, 3.63) is 78.0 Å². The summed E-state index contributed by atoms with van der Waals surface area (Å²) >= 11 is 0. The quantitative estimate of drug-likeness (QED) is 0.0238. The molecule has 0 fully saturated rings. The van der Waals surface area contributed by atoms with Crippen LogP contribution >= 0.6 is 0 Å². The first kappa shape index (κ1) is 51.6. The number of unbranched alkanes of at least 4 members (excludes halogenated alkanes) is 26. The summed E-state index contributed by atoms with van der Waals surface area (Å²) < 4.78 is 11.8. The summed E-state index contributed by atoms with van der Waals surface area (Å²) in [7, 11) is 0. The fourth-order valence-corrected chi connectivity index (χ4v) is 7.28. The largest absolute Gasteiger partial charge is 0.872 e. The van der Waals surface area contributed by atoms with E-state index in [0.29, 0.717) is 30.8 Å². The fraction of sp³-hybridized carbons (Fsp3) is 0.660. The third-order valence-corrected chi connectivity index (χ3v) is 11.1. The first-order valence-corrected chi connectivity index (χ1v) is 24.4. The Morgan fingerprint density at radius 3 is 1.31 bits per heavy atom. The smallest absolute Gasteiger partial charge is 0.187 e. The lowest BCUT2D eigenvalue weighted by molar-refractivity contribution is -0.243. The van der Waals surface area contributed by atoms with Crippen LogP contribution in [0.4, 0.5) is 0 Å². The molecule has 6 nitrogen and oxygen atoms in total. The third-order valence-electron chi connectivity index (χ3n) is 11.1. The summed E-state index contributed by atoms with van der Waals surface area (Å²) in [5.41, 5.74) is 1.26. The summed E-state index contributed by atoms with van der Waals surface area (Å²) in [4.78, 5) is 16.9. The van der Waals surface area contributed by atoms with Gasteiger partial charge in [0.25, 0.3) is 0 Å². The number of nitrogens with one attached hydrogen (secondary N) is 1. The van der Waals surface area contributed by atoms with E-state index in [-0.39, 0.29) is 11.5 Å². The number of hydrogen-bond acceptors (Lipinski definition) is 6. The molecule has 2 rings (SSSR count). The maximum absolute atomic E-state index is 12.6. The number of rotatable bonds is 41. The minimum atomic E-state index is -0.0727. The van der Waals surface area contributed by atoms with Crippen molar-refractivity contribution in [3.8, 4) is 11.5 Å². The number of benzene rings is 2. The zero-order valence-electron chi connectivity index (χ0n) is 37.8. The molecule has 0 unspecified atom stereocenters. The number of ketones is 1. The van der Waals surface area contributed by atoms with Gasteiger partial charge in [-0.3, -0.25) is 9.79 Å². The number of allylic oxidation sites excluding steroid dienone is 2. The fourth-order valence-electron chi connectivity index (χ4n) is 7.28. The average molecular weight is 814 g/mol. The highest BCUT2D eigenvalue weighted by Crippen LogP contribution is 2.18. The lowest BCUT2D eigenvalue weighted by Gasteiger charge is -2.12. The number of nitrogens with zero attached hydrogens (tertiary/aromatic N) is 1. The molecule has 0 aliphatic rings. The van der Waals surface area contributed by atoms with Gasteiger partial charge < -0.3 is 19.9 Å². The molecule has 0 amide bonds. The van der Waals surface area contributed by atoms with Crippen molar-refractivity contribution in [1.82, 2.24) is 5.32 Å². The van der Waals surface area contributed by atoms with E-state index in [1.807, 2.05) is 48.5 Å². The monoisotopic (exact) mass is 814 g/mol. The van der Waals surface area contributed by atoms with E-state index >= 15 is 0 Å². The normalized spacial score (nSPS) is 11.9. The second-order valence-electron chi connectivity index (χ2n) is 16.5. The second kappa shape index (κ2) is 38.6. The van der Waals surface area contributed by atoms with E-state index in [2.05, 4.69) is 24.2 Å². The average Bonchev–Trinajstić information content (AvgIpc) is 3.26. The molecule has 59 heavy (non-hydrogen) atoms. The Bertz CT molecular complexity index is 1330. The van der Waals surface area contributed by atoms with Crippen LogP contribution < -0.4 is 19.9 Å². The van der Waals surface area contributed by atoms with E-state index in [1.54, 1.807) is 18.5 Å². The summed E-state index contributed by atoms with van der Waals surface area (Å²) in [5.74, 6) is 1.50. The van der Waals surface area contributed by atoms with E-state index < -0.39 is 0 Å². The van der Waals surface area contributed by atoms with E-state index in [1.165, 1.54) is 173 Å². The molecular weight excluding hydrogens is 729 g/mol. The van der Waals surface area contributed by atoms with Gasteiger partial charge in [0.2, 0.25) is 0 Å². The van der Waals surface area contributed by atoms with Crippen molar-refractivity contribution in [3.63, 3.8) is 0 Å². The molecule has 2 aromatic carbocycles. The summed E-state index contributed by atoms with van der Waals surface area (Å²) in [6.45, 7) is 7.26. The molecule has 6 heteroatoms. The molecule has 0 saturated heterocycles. The van der Waals surface area contributed by atoms with Crippen molar-refractivity contribution >= 4 is 17.8 Å². The lowest BCUT2D eigenvalue weighted by atomic mass is 10.0. The molecular formula is C53H85N2O4-. The van der Waals surface area contributed by atoms with Gasteiger partial charge in [0.15, 0.2) is 5.78 Å². The molecule has 0 spiro atoms. The zero-order chi connectivity index (χ0) is 42.1. The third kappa shape index (κ3) is 30.2. The second-order valence-corrected chi connectivity index (χ2v) is 16.5. The summed E-state index contributed by atoms with van der Waals surface area (Å²) in [5, 5.41) is 15.7. The van der Waals surface area contributed by atoms with Crippen LogP contribution in [0.25, 0.3) is 5.76 Å². The van der Waals surface area contributed by atoms with Crippen LogP contribution in [-0.2, 0) is 0 Å². The van der Waals surface area contributed by atoms with E-state index in [4.69, 9.17) is 9.47 Å². The van der Waals surface area contributed by atoms with E-state index in [9.17, 15) is 9.90 Å². The van der Waals surface area contributed by atoms with Crippen molar-refractivity contribution < 1.29 is 19.4 Å². The molecule has 0 radical (unpaired) electrons. The van der Waals surface area contributed by atoms with Gasteiger partial charge in [-0.25, -0.2) is 0 Å². The summed E-state index contributed by atoms with van der Waals surface area (Å²) in [6, 6.07) is 14.8. The summed E-state index contributed by atoms with van der Waals surface area (Å²) in [6.07, 6.45) is 44.8. The minimum Gasteiger partial charge on any atom is -0.872 e. The molecule has 0 atom stereocenters. The van der Waals surface area contributed by atoms with Gasteiger partial charge in [-0.15, -0.1) is 5.76 Å². The van der Waals surface area contributed by atoms with Gasteiger partial charge in [0.05, 0.1) is 13.2 Å². The number of ether oxygens (including phenoxy) is 2. The van der Waals surface area contributed by atoms with Gasteiger partial charge in [-0.2, -0.15) is 0 Å². The molecule has 1 N–H and O–H groups in total. The van der Waals surface area contributed by atoms with Crippen molar-refractivity contribution in [2.24, 2.45) is 4.99 Å². The Hall–Kier alpha value is -3.54. The predicted octanol–water partition coefficient (Wildman–Crippen LogP) is 14.6. The molecule has 0 bridgehead atoms. The van der Waals surface area contributed by atoms with Gasteiger partial charge >= 0.3 is 0 Å². The Balaban J connectivity index is 1.43. The number of carbonyl (C=O) groups is 1. The Labute approximate surface area is 362 Å². The predicted molar refractivity (Wildman–Crippen MR) is 252 cm³/mol. The standard InChI is InChI=1S/C53H86N2O4/c1-3-5-7-9-11-13-15-17-19-21-23-25-27-29-46-58-50-36-32-48(33-37-50)52(56)40-44-54-42-31-43-55-45-41-53(57)49-34-38-51(39-35-49)59-47-30-28-26-24-22-20-18-16-14-12-10-8-6-4-2/h32-41,44-45,54,57H,3-31,42-43,46-47H2,1-2H3/p-1. The lowest BCUT2D eigenvalue weighted by Crippen LogP contribution is -2.09. The van der Waals surface area contributed by atoms with Crippen LogP contribution in [0.2, 0.25) is 0 Å². The maximum Gasteiger partial charge on any atom is 0.187 e. The van der Waals surface area contributed by atoms with Crippen LogP contribution in [0.15, 0.2) is 71.9 Å². The van der Waals surface area contributed by atoms with Crippen LogP contribution in [0.1, 0.15) is 216 Å². The highest BCUT2D eigenvalue weighted by molar-refractivity contribution is 6.04. The topological polar surface area (TPSA) is 83.0 Å². The van der Waals surface area contributed by atoms with Gasteiger partial charge in [-0.1, -0.05) is 199 Å². The molecule has 0 aromatic heterocycles. The van der Waals surface area contributed by atoms with Crippen LogP contribution in [0.5, 0.6) is 11.5 Å². The first-order valence-electron chi connectivity index (χ1n) is 24.4. The van der Waals surface area contributed by atoms with Gasteiger partial charge in [-0.05, 0) is 61.2 Å². The van der Waals surface area contributed by atoms with Gasteiger partial charge in [0, 0.05) is 37.1 Å². The zero-order valence-corrected chi connectivity index (χ0v) is 37.8. The number of carbonyl (C=O) groups excluding carboxylic acids is 1. The van der Waals surface area contributed by atoms with Crippen molar-refractivity contribution in [2.45, 2.75) is 200 Å². The highest BCUT2D eigenvalue weighted by Gasteiger charge is 2.03.